The van der Waals surface area contributed by atoms with Crippen LogP contribution in [0.4, 0.5) is 0 Å². The van der Waals surface area contributed by atoms with E-state index in [1.807, 2.05) is 60.7 Å². The van der Waals surface area contributed by atoms with Gasteiger partial charge in [0.05, 0.1) is 16.6 Å². The van der Waals surface area contributed by atoms with E-state index in [2.05, 4.69) is 42.4 Å². The van der Waals surface area contributed by atoms with Crippen LogP contribution in [0.3, 0.4) is 0 Å². The number of carbonyl (C=O) groups excluding carboxylic acids is 1. The van der Waals surface area contributed by atoms with Crippen molar-refractivity contribution in [2.75, 3.05) is 0 Å². The Hall–Kier alpha value is -2.64. The first-order valence-electron chi connectivity index (χ1n) is 9.29. The minimum absolute atomic E-state index is 0.109. The third kappa shape index (κ3) is 3.63. The minimum Gasteiger partial charge on any atom is -0.506 e. The van der Waals surface area contributed by atoms with Crippen LogP contribution in [-0.2, 0) is 10.2 Å². The Labute approximate surface area is 190 Å². The molecule has 0 saturated heterocycles. The zero-order chi connectivity index (χ0) is 21.3. The molecule has 1 amide bonds. The van der Waals surface area contributed by atoms with Crippen LogP contribution in [0.5, 0.6) is 11.5 Å². The molecule has 0 aliphatic heterocycles. The smallest absolute Gasteiger partial charge is 0.244 e. The first-order chi connectivity index (χ1) is 14.4. The van der Waals surface area contributed by atoms with Gasteiger partial charge in [-0.15, -0.1) is 0 Å². The summed E-state index contributed by atoms with van der Waals surface area (Å²) < 4.78 is 0.549. The number of nitrogens with one attached hydrogen (secondary N) is 1. The molecule has 3 N–H and O–H groups in total. The number of nitrogens with zero attached hydrogens (tertiary/aromatic N) is 1. The standard InChI is InChI=1S/C23H18Br2N2O3/c24-18-11-14(20(28)19(25)21(18)29)13-26-27-22(30)17-12-23(17,15-7-3-1-4-8-15)16-9-5-2-6-10-16/h1-11,13,17,28-29H,12H2,(H,27,30). The number of halogens is 2. The highest BCUT2D eigenvalue weighted by atomic mass is 79.9. The zero-order valence-electron chi connectivity index (χ0n) is 15.7. The second-order valence-corrected chi connectivity index (χ2v) is 8.80. The molecule has 7 heteroatoms. The van der Waals surface area contributed by atoms with Crippen LogP contribution in [0.15, 0.2) is 80.8 Å². The SMILES string of the molecule is O=C(NN=Cc1cc(Br)c(O)c(Br)c1O)C1CC1(c1ccccc1)c1ccccc1. The van der Waals surface area contributed by atoms with E-state index >= 15 is 0 Å². The van der Waals surface area contributed by atoms with Crippen LogP contribution >= 0.6 is 31.9 Å². The Balaban J connectivity index is 1.55. The molecular formula is C23H18Br2N2O3. The third-order valence-electron chi connectivity index (χ3n) is 5.43. The van der Waals surface area contributed by atoms with Gasteiger partial charge in [0.1, 0.15) is 16.0 Å². The molecule has 1 fully saturated rings. The highest BCUT2D eigenvalue weighted by Crippen LogP contribution is 2.58. The lowest BCUT2D eigenvalue weighted by Crippen LogP contribution is -2.25. The second kappa shape index (κ2) is 8.24. The quantitative estimate of drug-likeness (QED) is 0.318. The van der Waals surface area contributed by atoms with E-state index in [-0.39, 0.29) is 33.2 Å². The highest BCUT2D eigenvalue weighted by molar-refractivity contribution is 9.11. The van der Waals surface area contributed by atoms with E-state index < -0.39 is 0 Å². The van der Waals surface area contributed by atoms with Crippen LogP contribution in [0.2, 0.25) is 0 Å². The molecule has 30 heavy (non-hydrogen) atoms. The summed E-state index contributed by atoms with van der Waals surface area (Å²) in [7, 11) is 0. The van der Waals surface area contributed by atoms with Gasteiger partial charge in [-0.3, -0.25) is 4.79 Å². The summed E-state index contributed by atoms with van der Waals surface area (Å²) in [6.45, 7) is 0. The molecule has 5 nitrogen and oxygen atoms in total. The molecule has 0 aromatic heterocycles. The largest absolute Gasteiger partial charge is 0.506 e. The summed E-state index contributed by atoms with van der Waals surface area (Å²) in [5, 5.41) is 24.0. The van der Waals surface area contributed by atoms with Crippen molar-refractivity contribution in [2.45, 2.75) is 11.8 Å². The fourth-order valence-electron chi connectivity index (χ4n) is 3.81. The summed E-state index contributed by atoms with van der Waals surface area (Å²) in [4.78, 5) is 12.9. The molecular weight excluding hydrogens is 512 g/mol. The molecule has 0 bridgehead atoms. The number of hydrogen-bond donors (Lipinski definition) is 3. The maximum atomic E-state index is 12.9. The summed E-state index contributed by atoms with van der Waals surface area (Å²) >= 11 is 6.33. The molecule has 1 saturated carbocycles. The zero-order valence-corrected chi connectivity index (χ0v) is 18.9. The van der Waals surface area contributed by atoms with E-state index in [1.165, 1.54) is 12.3 Å². The topological polar surface area (TPSA) is 81.9 Å². The maximum absolute atomic E-state index is 12.9. The third-order valence-corrected chi connectivity index (χ3v) is 6.79. The van der Waals surface area contributed by atoms with Crippen molar-refractivity contribution in [1.29, 1.82) is 0 Å². The molecule has 3 aromatic rings. The molecule has 1 aliphatic carbocycles. The highest BCUT2D eigenvalue weighted by Gasteiger charge is 2.60. The Morgan fingerprint density at radius 3 is 2.13 bits per heavy atom. The lowest BCUT2D eigenvalue weighted by molar-refractivity contribution is -0.122. The first-order valence-corrected chi connectivity index (χ1v) is 10.9. The van der Waals surface area contributed by atoms with Gasteiger partial charge >= 0.3 is 0 Å². The number of phenolic OH excluding ortho intramolecular Hbond substituents is 2. The van der Waals surface area contributed by atoms with Crippen LogP contribution < -0.4 is 5.43 Å². The van der Waals surface area contributed by atoms with Gasteiger partial charge in [-0.1, -0.05) is 60.7 Å². The van der Waals surface area contributed by atoms with Gasteiger partial charge in [-0.05, 0) is 55.5 Å². The summed E-state index contributed by atoms with van der Waals surface area (Å²) in [5.74, 6) is -0.702. The van der Waals surface area contributed by atoms with Gasteiger partial charge in [-0.25, -0.2) is 5.43 Å². The number of phenols is 2. The molecule has 0 heterocycles. The van der Waals surface area contributed by atoms with Crippen molar-refractivity contribution in [1.82, 2.24) is 5.43 Å². The van der Waals surface area contributed by atoms with E-state index in [9.17, 15) is 15.0 Å². The fourth-order valence-corrected chi connectivity index (χ4v) is 4.97. The molecule has 0 spiro atoms. The van der Waals surface area contributed by atoms with Gasteiger partial charge < -0.3 is 10.2 Å². The van der Waals surface area contributed by atoms with Crippen LogP contribution in [-0.4, -0.2) is 22.3 Å². The number of benzene rings is 3. The van der Waals surface area contributed by atoms with Crippen molar-refractivity contribution < 1.29 is 15.0 Å². The predicted octanol–water partition coefficient (Wildman–Crippen LogP) is 5.08. The maximum Gasteiger partial charge on any atom is 0.244 e. The normalized spacial score (nSPS) is 17.1. The van der Waals surface area contributed by atoms with Gasteiger partial charge in [-0.2, -0.15) is 5.10 Å². The van der Waals surface area contributed by atoms with Gasteiger partial charge in [0.25, 0.3) is 0 Å². The summed E-state index contributed by atoms with van der Waals surface area (Å²) in [6.07, 6.45) is 2.04. The van der Waals surface area contributed by atoms with Crippen LogP contribution in [0.25, 0.3) is 0 Å². The molecule has 4 rings (SSSR count). The lowest BCUT2D eigenvalue weighted by atomic mass is 9.85. The van der Waals surface area contributed by atoms with Crippen LogP contribution in [0.1, 0.15) is 23.1 Å². The van der Waals surface area contributed by atoms with Crippen molar-refractivity contribution in [3.63, 3.8) is 0 Å². The number of aromatic hydroxyl groups is 2. The Bertz CT molecular complexity index is 1080. The lowest BCUT2D eigenvalue weighted by Gasteiger charge is -2.18. The number of carbonyl (C=O) groups is 1. The van der Waals surface area contributed by atoms with E-state index in [4.69, 9.17) is 0 Å². The van der Waals surface area contributed by atoms with E-state index in [1.54, 1.807) is 0 Å². The number of hydrazone groups is 1. The van der Waals surface area contributed by atoms with Gasteiger partial charge in [0.15, 0.2) is 0 Å². The summed E-state index contributed by atoms with van der Waals surface area (Å²) in [5.41, 5.74) is 4.78. The number of amides is 1. The number of rotatable bonds is 5. The summed E-state index contributed by atoms with van der Waals surface area (Å²) in [6, 6.07) is 21.6. The second-order valence-electron chi connectivity index (χ2n) is 7.15. The van der Waals surface area contributed by atoms with Crippen molar-refractivity contribution in [3.05, 3.63) is 92.4 Å². The minimum atomic E-state index is -0.366. The van der Waals surface area contributed by atoms with Crippen molar-refractivity contribution in [2.24, 2.45) is 11.0 Å². The Morgan fingerprint density at radius 1 is 1.00 bits per heavy atom. The average Bonchev–Trinajstić information content (AvgIpc) is 3.54. The molecule has 3 aromatic carbocycles. The van der Waals surface area contributed by atoms with E-state index in [0.29, 0.717) is 16.5 Å². The molecule has 1 atom stereocenters. The first kappa shape index (κ1) is 20.6. The molecule has 152 valence electrons. The molecule has 1 aliphatic rings. The predicted molar refractivity (Wildman–Crippen MR) is 123 cm³/mol. The fraction of sp³-hybridized carbons (Fsp3) is 0.130. The van der Waals surface area contributed by atoms with E-state index in [0.717, 1.165) is 11.1 Å². The molecule has 0 radical (unpaired) electrons. The number of hydrogen-bond acceptors (Lipinski definition) is 4. The van der Waals surface area contributed by atoms with Crippen molar-refractivity contribution in [3.8, 4) is 11.5 Å². The Morgan fingerprint density at radius 2 is 1.57 bits per heavy atom. The average molecular weight is 530 g/mol. The van der Waals surface area contributed by atoms with Crippen molar-refractivity contribution >= 4 is 44.0 Å². The molecule has 1 unspecified atom stereocenters. The monoisotopic (exact) mass is 528 g/mol. The van der Waals surface area contributed by atoms with Gasteiger partial charge in [0, 0.05) is 11.0 Å². The van der Waals surface area contributed by atoms with Crippen LogP contribution in [0, 0.1) is 5.92 Å². The Kier molecular flexibility index (Phi) is 5.66. The van der Waals surface area contributed by atoms with Gasteiger partial charge in [0.2, 0.25) is 5.91 Å².